The number of hydrogen-bond acceptors (Lipinski definition) is 7. The van der Waals surface area contributed by atoms with Crippen LogP contribution in [0.25, 0.3) is 0 Å². The molecule has 1 aromatic heterocycles. The summed E-state index contributed by atoms with van der Waals surface area (Å²) >= 11 is 0. The predicted octanol–water partition coefficient (Wildman–Crippen LogP) is -1.13. The van der Waals surface area contributed by atoms with Gasteiger partial charge in [-0.25, -0.2) is 4.79 Å². The van der Waals surface area contributed by atoms with Crippen LogP contribution in [0.3, 0.4) is 0 Å². The molecule has 2 amide bonds. The van der Waals surface area contributed by atoms with Crippen LogP contribution >= 0.6 is 0 Å². The summed E-state index contributed by atoms with van der Waals surface area (Å²) in [5, 5.41) is 17.4. The third kappa shape index (κ3) is 2.56. The fraction of sp³-hybridized carbons (Fsp3) is 0.375. The first-order chi connectivity index (χ1) is 8.04. The van der Waals surface area contributed by atoms with E-state index in [0.717, 1.165) is 0 Å². The zero-order valence-corrected chi connectivity index (χ0v) is 8.37. The van der Waals surface area contributed by atoms with Crippen molar-refractivity contribution in [1.29, 1.82) is 0 Å². The second-order valence-electron chi connectivity index (χ2n) is 3.25. The molecule has 0 aliphatic carbocycles. The zero-order chi connectivity index (χ0) is 12.4. The highest BCUT2D eigenvalue weighted by Gasteiger charge is 2.33. The second-order valence-corrected chi connectivity index (χ2v) is 3.25. The minimum atomic E-state index is -1.11. The van der Waals surface area contributed by atoms with Gasteiger partial charge in [0.25, 0.3) is 5.91 Å². The maximum absolute atomic E-state index is 11.1. The summed E-state index contributed by atoms with van der Waals surface area (Å²) in [7, 11) is 0. The number of carbonyl (C=O) groups is 3. The monoisotopic (exact) mass is 241 g/mol. The standard InChI is InChI=1S/C8H7N3O6/c12-6(13)2-5-11-10-4(17-5)1-3-7(14)9-8(15)16-3/h3H,1-2H2,(H,12,13)(H,9,14,15)/t3-/m1/s1. The summed E-state index contributed by atoms with van der Waals surface area (Å²) in [4.78, 5) is 32.2. The number of carbonyl (C=O) groups excluding carboxylic acids is 2. The van der Waals surface area contributed by atoms with Gasteiger partial charge < -0.3 is 14.3 Å². The van der Waals surface area contributed by atoms with E-state index in [1.165, 1.54) is 0 Å². The number of aliphatic carboxylic acids is 1. The van der Waals surface area contributed by atoms with Crippen molar-refractivity contribution in [2.75, 3.05) is 0 Å². The van der Waals surface area contributed by atoms with E-state index in [9.17, 15) is 14.4 Å². The normalized spacial score (nSPS) is 18.9. The van der Waals surface area contributed by atoms with E-state index in [2.05, 4.69) is 14.9 Å². The lowest BCUT2D eigenvalue weighted by Crippen LogP contribution is -2.25. The average Bonchev–Trinajstić information content (AvgIpc) is 2.74. The molecule has 1 fully saturated rings. The van der Waals surface area contributed by atoms with E-state index in [-0.39, 0.29) is 18.2 Å². The summed E-state index contributed by atoms with van der Waals surface area (Å²) in [6.45, 7) is 0. The van der Waals surface area contributed by atoms with Crippen LogP contribution in [0.4, 0.5) is 4.79 Å². The van der Waals surface area contributed by atoms with E-state index < -0.39 is 30.5 Å². The fourth-order valence-corrected chi connectivity index (χ4v) is 1.26. The zero-order valence-electron chi connectivity index (χ0n) is 8.37. The molecule has 1 aliphatic heterocycles. The van der Waals surface area contributed by atoms with Crippen molar-refractivity contribution in [1.82, 2.24) is 15.5 Å². The molecule has 0 unspecified atom stereocenters. The minimum absolute atomic E-state index is 0.0381. The molecule has 0 radical (unpaired) electrons. The van der Waals surface area contributed by atoms with Gasteiger partial charge in [-0.3, -0.25) is 14.9 Å². The number of carboxylic acid groups (broad SMARTS) is 1. The predicted molar refractivity (Wildman–Crippen MR) is 47.8 cm³/mol. The number of cyclic esters (lactones) is 1. The molecular formula is C8H7N3O6. The third-order valence-electron chi connectivity index (χ3n) is 1.94. The largest absolute Gasteiger partial charge is 0.481 e. The summed E-state index contributed by atoms with van der Waals surface area (Å²) in [5.41, 5.74) is 0. The number of carboxylic acids is 1. The Balaban J connectivity index is 1.99. The van der Waals surface area contributed by atoms with Gasteiger partial charge in [-0.2, -0.15) is 0 Å². The average molecular weight is 241 g/mol. The van der Waals surface area contributed by atoms with Gasteiger partial charge in [0, 0.05) is 0 Å². The molecule has 9 heteroatoms. The van der Waals surface area contributed by atoms with E-state index in [4.69, 9.17) is 9.52 Å². The molecule has 9 nitrogen and oxygen atoms in total. The number of aromatic nitrogens is 2. The highest BCUT2D eigenvalue weighted by Crippen LogP contribution is 2.10. The molecule has 2 heterocycles. The van der Waals surface area contributed by atoms with Crippen LogP contribution in [0.5, 0.6) is 0 Å². The first-order valence-electron chi connectivity index (χ1n) is 4.59. The van der Waals surface area contributed by atoms with Gasteiger partial charge in [-0.1, -0.05) is 0 Å². The molecule has 90 valence electrons. The Hall–Kier alpha value is -2.45. The second kappa shape index (κ2) is 4.20. The van der Waals surface area contributed by atoms with Crippen LogP contribution in [-0.4, -0.2) is 39.4 Å². The maximum Gasteiger partial charge on any atom is 0.414 e. The maximum atomic E-state index is 11.1. The molecule has 17 heavy (non-hydrogen) atoms. The van der Waals surface area contributed by atoms with E-state index in [1.807, 2.05) is 5.32 Å². The minimum Gasteiger partial charge on any atom is -0.481 e. The van der Waals surface area contributed by atoms with Crippen molar-refractivity contribution < 1.29 is 28.6 Å². The van der Waals surface area contributed by atoms with Crippen molar-refractivity contribution in [2.45, 2.75) is 18.9 Å². The molecule has 1 aliphatic rings. The molecule has 1 saturated heterocycles. The number of alkyl carbamates (subject to hydrolysis) is 1. The van der Waals surface area contributed by atoms with Crippen LogP contribution < -0.4 is 5.32 Å². The number of rotatable bonds is 4. The number of hydrogen-bond donors (Lipinski definition) is 2. The Labute approximate surface area is 93.8 Å². The van der Waals surface area contributed by atoms with Crippen LogP contribution in [0.2, 0.25) is 0 Å². The molecular weight excluding hydrogens is 234 g/mol. The first-order valence-corrected chi connectivity index (χ1v) is 4.59. The smallest absolute Gasteiger partial charge is 0.414 e. The molecule has 0 spiro atoms. The number of ether oxygens (including phenoxy) is 1. The number of nitrogens with one attached hydrogen (secondary N) is 1. The molecule has 0 bridgehead atoms. The van der Waals surface area contributed by atoms with Crippen LogP contribution in [0, 0.1) is 0 Å². The quantitative estimate of drug-likeness (QED) is 0.677. The van der Waals surface area contributed by atoms with Crippen LogP contribution in [0.1, 0.15) is 11.8 Å². The van der Waals surface area contributed by atoms with Crippen molar-refractivity contribution in [3.05, 3.63) is 11.8 Å². The highest BCUT2D eigenvalue weighted by atomic mass is 16.6. The van der Waals surface area contributed by atoms with E-state index >= 15 is 0 Å². The lowest BCUT2D eigenvalue weighted by molar-refractivity contribution is -0.136. The van der Waals surface area contributed by atoms with Crippen molar-refractivity contribution in [2.24, 2.45) is 0 Å². The summed E-state index contributed by atoms with van der Waals surface area (Å²) < 4.78 is 9.59. The Morgan fingerprint density at radius 1 is 1.35 bits per heavy atom. The van der Waals surface area contributed by atoms with Crippen LogP contribution in [-0.2, 0) is 27.2 Å². The van der Waals surface area contributed by atoms with Crippen LogP contribution in [0.15, 0.2) is 4.42 Å². The van der Waals surface area contributed by atoms with E-state index in [0.29, 0.717) is 0 Å². The third-order valence-corrected chi connectivity index (χ3v) is 1.94. The fourth-order valence-electron chi connectivity index (χ4n) is 1.26. The van der Waals surface area contributed by atoms with Gasteiger partial charge >= 0.3 is 12.1 Å². The lowest BCUT2D eigenvalue weighted by Gasteiger charge is -2.00. The topological polar surface area (TPSA) is 132 Å². The SMILES string of the molecule is O=C(O)Cc1nnc(C[C@H]2OC(=O)NC2=O)o1. The van der Waals surface area contributed by atoms with E-state index in [1.54, 1.807) is 0 Å². The van der Waals surface area contributed by atoms with Crippen molar-refractivity contribution in [3.8, 4) is 0 Å². The molecule has 1 aromatic rings. The lowest BCUT2D eigenvalue weighted by atomic mass is 10.2. The molecule has 2 rings (SSSR count). The molecule has 0 aromatic carbocycles. The Kier molecular flexibility index (Phi) is 2.73. The van der Waals surface area contributed by atoms with Gasteiger partial charge in [0.15, 0.2) is 6.10 Å². The molecule has 2 N–H and O–H groups in total. The summed E-state index contributed by atoms with van der Waals surface area (Å²) in [6, 6.07) is 0. The highest BCUT2D eigenvalue weighted by molar-refractivity contribution is 5.99. The van der Waals surface area contributed by atoms with Gasteiger partial charge in [-0.05, 0) is 0 Å². The Bertz CT molecular complexity index is 481. The van der Waals surface area contributed by atoms with Gasteiger partial charge in [-0.15, -0.1) is 10.2 Å². The number of amides is 2. The van der Waals surface area contributed by atoms with Crippen molar-refractivity contribution in [3.63, 3.8) is 0 Å². The molecule has 1 atom stereocenters. The number of imide groups is 1. The molecule has 0 saturated carbocycles. The Morgan fingerprint density at radius 2 is 2.06 bits per heavy atom. The van der Waals surface area contributed by atoms with Crippen molar-refractivity contribution >= 4 is 18.0 Å². The van der Waals surface area contributed by atoms with Gasteiger partial charge in [0.2, 0.25) is 11.8 Å². The summed E-state index contributed by atoms with van der Waals surface area (Å²) in [5.74, 6) is -1.73. The Morgan fingerprint density at radius 3 is 2.65 bits per heavy atom. The van der Waals surface area contributed by atoms with Gasteiger partial charge in [0.05, 0.1) is 6.42 Å². The number of nitrogens with zero attached hydrogens (tertiary/aromatic N) is 2. The summed E-state index contributed by atoms with van der Waals surface area (Å²) in [6.07, 6.45) is -2.32. The first kappa shape index (κ1) is 11.0. The van der Waals surface area contributed by atoms with Gasteiger partial charge in [0.1, 0.15) is 6.42 Å².